The Morgan fingerprint density at radius 1 is 1.11 bits per heavy atom. The number of amides is 2. The Kier molecular flexibility index (Phi) is 6.76. The molecule has 0 saturated heterocycles. The van der Waals surface area contributed by atoms with Gasteiger partial charge in [-0.1, -0.05) is 0 Å². The Bertz CT molecular complexity index is 783. The summed E-state index contributed by atoms with van der Waals surface area (Å²) in [5.41, 5.74) is 1.36. The normalized spacial score (nSPS) is 10.8. The number of carbonyl (C=O) groups excluding carboxylic acids is 2. The van der Waals surface area contributed by atoms with E-state index in [1.54, 1.807) is 57.3 Å². The number of benzene rings is 1. The van der Waals surface area contributed by atoms with Crippen molar-refractivity contribution in [2.45, 2.75) is 39.8 Å². The molecule has 1 aromatic carbocycles. The predicted octanol–water partition coefficient (Wildman–Crippen LogP) is 3.76. The number of hydrogen-bond acceptors (Lipinski definition) is 5. The average Bonchev–Trinajstić information content (AvgIpc) is 2.59. The molecule has 0 spiro atoms. The molecule has 2 amide bonds. The third-order valence-electron chi connectivity index (χ3n) is 3.34. The van der Waals surface area contributed by atoms with Crippen molar-refractivity contribution in [2.24, 2.45) is 0 Å². The van der Waals surface area contributed by atoms with Gasteiger partial charge in [-0.3, -0.25) is 10.1 Å². The number of pyridine rings is 1. The summed E-state index contributed by atoms with van der Waals surface area (Å²) < 4.78 is 10.5. The number of nitrogens with one attached hydrogen (secondary N) is 2. The Morgan fingerprint density at radius 2 is 1.81 bits per heavy atom. The van der Waals surface area contributed by atoms with Crippen LogP contribution < -0.4 is 15.4 Å². The predicted molar refractivity (Wildman–Crippen MR) is 103 cm³/mol. The van der Waals surface area contributed by atoms with Crippen molar-refractivity contribution in [3.05, 3.63) is 53.7 Å². The lowest BCUT2D eigenvalue weighted by Crippen LogP contribution is -2.27. The zero-order valence-electron chi connectivity index (χ0n) is 16.0. The van der Waals surface area contributed by atoms with Crippen molar-refractivity contribution in [2.75, 3.05) is 11.9 Å². The maximum absolute atomic E-state index is 12.3. The molecule has 27 heavy (non-hydrogen) atoms. The summed E-state index contributed by atoms with van der Waals surface area (Å²) in [6.07, 6.45) is 1.10. The number of nitrogens with zero attached hydrogens (tertiary/aromatic N) is 1. The molecule has 0 aliphatic carbocycles. The highest BCUT2D eigenvalue weighted by Gasteiger charge is 2.16. The van der Waals surface area contributed by atoms with Crippen molar-refractivity contribution < 1.29 is 19.1 Å². The minimum Gasteiger partial charge on any atom is -0.478 e. The van der Waals surface area contributed by atoms with Crippen LogP contribution in [0.4, 0.5) is 10.5 Å². The molecule has 0 aliphatic rings. The fraction of sp³-hybridized carbons (Fsp3) is 0.350. The van der Waals surface area contributed by atoms with Crippen LogP contribution in [0.1, 0.15) is 43.6 Å². The van der Waals surface area contributed by atoms with Crippen LogP contribution in [0, 0.1) is 0 Å². The van der Waals surface area contributed by atoms with Crippen molar-refractivity contribution >= 4 is 17.7 Å². The summed E-state index contributed by atoms with van der Waals surface area (Å²) in [7, 11) is 0. The van der Waals surface area contributed by atoms with E-state index in [0.29, 0.717) is 30.3 Å². The molecular formula is C20H25N3O4. The standard InChI is InChI=1S/C20H25N3O4/c1-5-26-17-12-14(10-11-21-17)13-22-18(24)15-6-8-16(9-7-15)23-19(25)27-20(2,3)4/h6-12H,5,13H2,1-4H3,(H,22,24)(H,23,25). The van der Waals surface area contributed by atoms with Gasteiger partial charge in [0, 0.05) is 30.1 Å². The average molecular weight is 371 g/mol. The van der Waals surface area contributed by atoms with Crippen LogP contribution in [0.3, 0.4) is 0 Å². The number of hydrogen-bond donors (Lipinski definition) is 2. The summed E-state index contributed by atoms with van der Waals surface area (Å²) >= 11 is 0. The summed E-state index contributed by atoms with van der Waals surface area (Å²) in [5, 5.41) is 5.47. The van der Waals surface area contributed by atoms with Crippen LogP contribution in [-0.2, 0) is 11.3 Å². The zero-order valence-corrected chi connectivity index (χ0v) is 16.0. The van der Waals surface area contributed by atoms with Gasteiger partial charge >= 0.3 is 6.09 Å². The van der Waals surface area contributed by atoms with Crippen LogP contribution in [0.15, 0.2) is 42.6 Å². The maximum atomic E-state index is 12.3. The van der Waals surface area contributed by atoms with Crippen LogP contribution in [0.5, 0.6) is 5.88 Å². The minimum atomic E-state index is -0.571. The SMILES string of the molecule is CCOc1cc(CNC(=O)c2ccc(NC(=O)OC(C)(C)C)cc2)ccn1. The van der Waals surface area contributed by atoms with E-state index in [2.05, 4.69) is 15.6 Å². The highest BCUT2D eigenvalue weighted by atomic mass is 16.6. The first-order valence-electron chi connectivity index (χ1n) is 8.73. The smallest absolute Gasteiger partial charge is 0.412 e. The minimum absolute atomic E-state index is 0.214. The molecule has 7 heteroatoms. The summed E-state index contributed by atoms with van der Waals surface area (Å²) in [6, 6.07) is 10.2. The molecule has 0 aliphatic heterocycles. The van der Waals surface area contributed by atoms with Gasteiger partial charge in [0.2, 0.25) is 5.88 Å². The number of ether oxygens (including phenoxy) is 2. The van der Waals surface area contributed by atoms with E-state index in [-0.39, 0.29) is 5.91 Å². The molecule has 0 unspecified atom stereocenters. The second-order valence-corrected chi connectivity index (χ2v) is 6.82. The van der Waals surface area contributed by atoms with E-state index in [1.165, 1.54) is 0 Å². The molecule has 144 valence electrons. The fourth-order valence-corrected chi connectivity index (χ4v) is 2.20. The molecule has 0 atom stereocenters. The lowest BCUT2D eigenvalue weighted by atomic mass is 10.2. The monoisotopic (exact) mass is 371 g/mol. The summed E-state index contributed by atoms with van der Waals surface area (Å²) in [5.74, 6) is 0.315. The molecule has 1 aromatic heterocycles. The Hall–Kier alpha value is -3.09. The molecule has 7 nitrogen and oxygen atoms in total. The molecular weight excluding hydrogens is 346 g/mol. The Morgan fingerprint density at radius 3 is 2.44 bits per heavy atom. The van der Waals surface area contributed by atoms with Gasteiger partial charge in [-0.05, 0) is 63.6 Å². The van der Waals surface area contributed by atoms with Crippen LogP contribution >= 0.6 is 0 Å². The second-order valence-electron chi connectivity index (χ2n) is 6.82. The van der Waals surface area contributed by atoms with Crippen LogP contribution in [0.2, 0.25) is 0 Å². The highest BCUT2D eigenvalue weighted by Crippen LogP contribution is 2.14. The quantitative estimate of drug-likeness (QED) is 0.807. The molecule has 0 bridgehead atoms. The first kappa shape index (κ1) is 20.2. The maximum Gasteiger partial charge on any atom is 0.412 e. The van der Waals surface area contributed by atoms with Gasteiger partial charge in [0.1, 0.15) is 5.60 Å². The van der Waals surface area contributed by atoms with Crippen molar-refractivity contribution in [1.82, 2.24) is 10.3 Å². The van der Waals surface area contributed by atoms with Gasteiger partial charge in [-0.15, -0.1) is 0 Å². The number of aromatic nitrogens is 1. The van der Waals surface area contributed by atoms with Gasteiger partial charge in [-0.2, -0.15) is 0 Å². The lowest BCUT2D eigenvalue weighted by molar-refractivity contribution is 0.0635. The molecule has 0 fully saturated rings. The van der Waals surface area contributed by atoms with Crippen molar-refractivity contribution in [3.8, 4) is 5.88 Å². The van der Waals surface area contributed by atoms with E-state index in [1.807, 2.05) is 13.0 Å². The van der Waals surface area contributed by atoms with Gasteiger partial charge in [0.15, 0.2) is 0 Å². The van der Waals surface area contributed by atoms with E-state index >= 15 is 0 Å². The topological polar surface area (TPSA) is 89.6 Å². The third-order valence-corrected chi connectivity index (χ3v) is 3.34. The molecule has 2 aromatic rings. The fourth-order valence-electron chi connectivity index (χ4n) is 2.20. The zero-order chi connectivity index (χ0) is 19.9. The number of carbonyl (C=O) groups is 2. The van der Waals surface area contributed by atoms with Gasteiger partial charge < -0.3 is 14.8 Å². The number of anilines is 1. The third kappa shape index (κ3) is 6.97. The van der Waals surface area contributed by atoms with E-state index in [4.69, 9.17) is 9.47 Å². The van der Waals surface area contributed by atoms with Gasteiger partial charge in [-0.25, -0.2) is 9.78 Å². The summed E-state index contributed by atoms with van der Waals surface area (Å²) in [6.45, 7) is 8.16. The van der Waals surface area contributed by atoms with Gasteiger partial charge in [0.25, 0.3) is 5.91 Å². The van der Waals surface area contributed by atoms with Crippen molar-refractivity contribution in [3.63, 3.8) is 0 Å². The first-order chi connectivity index (χ1) is 12.8. The van der Waals surface area contributed by atoms with E-state index in [9.17, 15) is 9.59 Å². The van der Waals surface area contributed by atoms with Crippen molar-refractivity contribution in [1.29, 1.82) is 0 Å². The van der Waals surface area contributed by atoms with E-state index < -0.39 is 11.7 Å². The van der Waals surface area contributed by atoms with Gasteiger partial charge in [0.05, 0.1) is 6.61 Å². The van der Waals surface area contributed by atoms with E-state index in [0.717, 1.165) is 5.56 Å². The molecule has 2 N–H and O–H groups in total. The Labute approximate surface area is 159 Å². The largest absolute Gasteiger partial charge is 0.478 e. The first-order valence-corrected chi connectivity index (χ1v) is 8.73. The molecule has 0 saturated carbocycles. The highest BCUT2D eigenvalue weighted by molar-refractivity contribution is 5.95. The molecule has 1 heterocycles. The lowest BCUT2D eigenvalue weighted by Gasteiger charge is -2.19. The number of rotatable bonds is 6. The van der Waals surface area contributed by atoms with Crippen LogP contribution in [-0.4, -0.2) is 29.2 Å². The molecule has 0 radical (unpaired) electrons. The Balaban J connectivity index is 1.90. The molecule has 2 rings (SSSR count). The van der Waals surface area contributed by atoms with Crippen LogP contribution in [0.25, 0.3) is 0 Å². The summed E-state index contributed by atoms with van der Waals surface area (Å²) in [4.78, 5) is 28.1. The second kappa shape index (κ2) is 9.02.